The number of benzene rings is 2. The standard InChI is InChI=1S/C19H22O2/c1-2-11-21-16-10-6-9-15(12-16)19(20)18-13-17(18)14-7-4-3-5-8-14/h3-10,12,17-20H,2,11,13H2,1H3. The summed E-state index contributed by atoms with van der Waals surface area (Å²) < 4.78 is 5.65. The van der Waals surface area contributed by atoms with Crippen LogP contribution >= 0.6 is 0 Å². The van der Waals surface area contributed by atoms with Crippen LogP contribution in [0.5, 0.6) is 5.75 Å². The molecule has 0 saturated heterocycles. The molecule has 3 unspecified atom stereocenters. The predicted molar refractivity (Wildman–Crippen MR) is 84.5 cm³/mol. The lowest BCUT2D eigenvalue weighted by Crippen LogP contribution is -2.02. The average Bonchev–Trinajstić information content (AvgIpc) is 3.34. The van der Waals surface area contributed by atoms with Gasteiger partial charge < -0.3 is 9.84 Å². The molecule has 0 aromatic heterocycles. The third kappa shape index (κ3) is 3.27. The molecule has 0 aliphatic heterocycles. The van der Waals surface area contributed by atoms with Gasteiger partial charge in [-0.3, -0.25) is 0 Å². The summed E-state index contributed by atoms with van der Waals surface area (Å²) in [5, 5.41) is 10.6. The Morgan fingerprint density at radius 1 is 1.14 bits per heavy atom. The maximum absolute atomic E-state index is 10.6. The fourth-order valence-corrected chi connectivity index (χ4v) is 2.90. The number of aliphatic hydroxyl groups is 1. The van der Waals surface area contributed by atoms with Crippen molar-refractivity contribution in [2.24, 2.45) is 5.92 Å². The van der Waals surface area contributed by atoms with Gasteiger partial charge in [-0.2, -0.15) is 0 Å². The first-order chi connectivity index (χ1) is 10.3. The molecule has 2 heteroatoms. The van der Waals surface area contributed by atoms with Gasteiger partial charge in [0.25, 0.3) is 0 Å². The minimum absolute atomic E-state index is 0.328. The van der Waals surface area contributed by atoms with E-state index in [-0.39, 0.29) is 0 Å². The summed E-state index contributed by atoms with van der Waals surface area (Å²) in [6.45, 7) is 2.81. The molecule has 0 bridgehead atoms. The number of hydrogen-bond acceptors (Lipinski definition) is 2. The Balaban J connectivity index is 1.68. The fourth-order valence-electron chi connectivity index (χ4n) is 2.90. The molecule has 1 fully saturated rings. The molecular formula is C19H22O2. The predicted octanol–water partition coefficient (Wildman–Crippen LogP) is 4.31. The summed E-state index contributed by atoms with van der Waals surface area (Å²) in [5.74, 6) is 1.67. The van der Waals surface area contributed by atoms with Gasteiger partial charge in [0.15, 0.2) is 0 Å². The molecule has 21 heavy (non-hydrogen) atoms. The summed E-state index contributed by atoms with van der Waals surface area (Å²) in [6, 6.07) is 18.3. The van der Waals surface area contributed by atoms with Gasteiger partial charge in [-0.15, -0.1) is 0 Å². The Kier molecular flexibility index (Phi) is 4.26. The summed E-state index contributed by atoms with van der Waals surface area (Å²) in [6.07, 6.45) is 1.65. The van der Waals surface area contributed by atoms with Gasteiger partial charge in [0, 0.05) is 0 Å². The van der Waals surface area contributed by atoms with Gasteiger partial charge in [0.05, 0.1) is 12.7 Å². The third-order valence-electron chi connectivity index (χ3n) is 4.15. The molecule has 2 nitrogen and oxygen atoms in total. The van der Waals surface area contributed by atoms with Gasteiger partial charge in [-0.25, -0.2) is 0 Å². The normalized spacial score (nSPS) is 21.8. The first-order valence-electron chi connectivity index (χ1n) is 7.75. The van der Waals surface area contributed by atoms with E-state index >= 15 is 0 Å². The SMILES string of the molecule is CCCOc1cccc(C(O)C2CC2c2ccccc2)c1. The molecule has 2 aromatic rings. The molecule has 0 amide bonds. The van der Waals surface area contributed by atoms with Crippen LogP contribution in [0, 0.1) is 5.92 Å². The molecule has 1 N–H and O–H groups in total. The Hall–Kier alpha value is -1.80. The highest BCUT2D eigenvalue weighted by molar-refractivity contribution is 5.33. The van der Waals surface area contributed by atoms with Crippen molar-refractivity contribution in [2.75, 3.05) is 6.61 Å². The fraction of sp³-hybridized carbons (Fsp3) is 0.368. The monoisotopic (exact) mass is 282 g/mol. The van der Waals surface area contributed by atoms with Crippen molar-refractivity contribution in [1.29, 1.82) is 0 Å². The number of aliphatic hydroxyl groups excluding tert-OH is 1. The van der Waals surface area contributed by atoms with Crippen LogP contribution in [0.4, 0.5) is 0 Å². The molecule has 0 spiro atoms. The van der Waals surface area contributed by atoms with Gasteiger partial charge in [0.1, 0.15) is 5.75 Å². The summed E-state index contributed by atoms with van der Waals surface area (Å²) in [5.41, 5.74) is 2.30. The van der Waals surface area contributed by atoms with E-state index in [1.807, 2.05) is 30.3 Å². The van der Waals surface area contributed by atoms with E-state index in [1.165, 1.54) is 5.56 Å². The second-order valence-electron chi connectivity index (χ2n) is 5.78. The molecule has 110 valence electrons. The smallest absolute Gasteiger partial charge is 0.119 e. The lowest BCUT2D eigenvalue weighted by atomic mass is 10.0. The van der Waals surface area contributed by atoms with Crippen LogP contribution in [0.25, 0.3) is 0 Å². The Labute approximate surface area is 126 Å². The molecule has 1 aliphatic rings. The molecule has 3 rings (SSSR count). The topological polar surface area (TPSA) is 29.5 Å². The Morgan fingerprint density at radius 3 is 2.71 bits per heavy atom. The number of hydrogen-bond donors (Lipinski definition) is 1. The Bertz CT molecular complexity index is 579. The highest BCUT2D eigenvalue weighted by Gasteiger charge is 2.43. The minimum atomic E-state index is -0.402. The minimum Gasteiger partial charge on any atom is -0.494 e. The van der Waals surface area contributed by atoms with Gasteiger partial charge in [-0.05, 0) is 47.9 Å². The summed E-state index contributed by atoms with van der Waals surface area (Å²) in [4.78, 5) is 0. The van der Waals surface area contributed by atoms with E-state index in [4.69, 9.17) is 4.74 Å². The Morgan fingerprint density at radius 2 is 1.95 bits per heavy atom. The lowest BCUT2D eigenvalue weighted by molar-refractivity contribution is 0.151. The molecule has 2 aromatic carbocycles. The zero-order valence-corrected chi connectivity index (χ0v) is 12.4. The molecule has 3 atom stereocenters. The first kappa shape index (κ1) is 14.2. The van der Waals surface area contributed by atoms with Crippen LogP contribution in [0.15, 0.2) is 54.6 Å². The molecule has 1 saturated carbocycles. The lowest BCUT2D eigenvalue weighted by Gasteiger charge is -2.13. The van der Waals surface area contributed by atoms with Crippen molar-refractivity contribution in [3.05, 3.63) is 65.7 Å². The second-order valence-corrected chi connectivity index (χ2v) is 5.78. The maximum Gasteiger partial charge on any atom is 0.119 e. The van der Waals surface area contributed by atoms with E-state index in [9.17, 15) is 5.11 Å². The van der Waals surface area contributed by atoms with Crippen molar-refractivity contribution < 1.29 is 9.84 Å². The van der Waals surface area contributed by atoms with Crippen molar-refractivity contribution in [1.82, 2.24) is 0 Å². The number of ether oxygens (including phenoxy) is 1. The van der Waals surface area contributed by atoms with Gasteiger partial charge in [-0.1, -0.05) is 49.4 Å². The highest BCUT2D eigenvalue weighted by Crippen LogP contribution is 2.54. The van der Waals surface area contributed by atoms with Crippen molar-refractivity contribution in [2.45, 2.75) is 31.8 Å². The van der Waals surface area contributed by atoms with E-state index in [0.29, 0.717) is 11.8 Å². The molecular weight excluding hydrogens is 260 g/mol. The van der Waals surface area contributed by atoms with Crippen molar-refractivity contribution in [3.8, 4) is 5.75 Å². The zero-order chi connectivity index (χ0) is 14.7. The molecule has 0 radical (unpaired) electrons. The average molecular weight is 282 g/mol. The van der Waals surface area contributed by atoms with E-state index in [1.54, 1.807) is 0 Å². The summed E-state index contributed by atoms with van der Waals surface area (Å²) >= 11 is 0. The van der Waals surface area contributed by atoms with E-state index < -0.39 is 6.10 Å². The van der Waals surface area contributed by atoms with E-state index in [2.05, 4.69) is 31.2 Å². The maximum atomic E-state index is 10.6. The van der Waals surface area contributed by atoms with Crippen LogP contribution in [-0.2, 0) is 0 Å². The van der Waals surface area contributed by atoms with Crippen LogP contribution in [0.3, 0.4) is 0 Å². The van der Waals surface area contributed by atoms with Crippen molar-refractivity contribution in [3.63, 3.8) is 0 Å². The zero-order valence-electron chi connectivity index (χ0n) is 12.4. The summed E-state index contributed by atoms with van der Waals surface area (Å²) in [7, 11) is 0. The molecule has 0 heterocycles. The van der Waals surface area contributed by atoms with Crippen LogP contribution in [-0.4, -0.2) is 11.7 Å². The highest BCUT2D eigenvalue weighted by atomic mass is 16.5. The van der Waals surface area contributed by atoms with Gasteiger partial charge >= 0.3 is 0 Å². The largest absolute Gasteiger partial charge is 0.494 e. The third-order valence-corrected chi connectivity index (χ3v) is 4.15. The van der Waals surface area contributed by atoms with E-state index in [0.717, 1.165) is 30.8 Å². The van der Waals surface area contributed by atoms with Crippen LogP contribution in [0.2, 0.25) is 0 Å². The second kappa shape index (κ2) is 6.31. The first-order valence-corrected chi connectivity index (χ1v) is 7.75. The molecule has 1 aliphatic carbocycles. The van der Waals surface area contributed by atoms with Crippen LogP contribution < -0.4 is 4.74 Å². The quantitative estimate of drug-likeness (QED) is 0.855. The van der Waals surface area contributed by atoms with Crippen LogP contribution in [0.1, 0.15) is 42.9 Å². The number of rotatable bonds is 6. The van der Waals surface area contributed by atoms with Gasteiger partial charge in [0.2, 0.25) is 0 Å². The van der Waals surface area contributed by atoms with Crippen molar-refractivity contribution >= 4 is 0 Å².